The number of hydrazone groups is 1. The molecular formula is C22H22N6O7S. The van der Waals surface area contributed by atoms with Crippen LogP contribution in [0, 0.1) is 20.2 Å². The van der Waals surface area contributed by atoms with Gasteiger partial charge in [0.1, 0.15) is 17.1 Å². The highest BCUT2D eigenvalue weighted by molar-refractivity contribution is 7.92. The molecule has 0 amide bonds. The number of rotatable bonds is 10. The maximum atomic E-state index is 12.7. The number of anilines is 3. The number of benzene rings is 3. The summed E-state index contributed by atoms with van der Waals surface area (Å²) in [5.74, 6) is 0.535. The maximum absolute atomic E-state index is 12.7. The van der Waals surface area contributed by atoms with E-state index in [2.05, 4.69) is 15.2 Å². The number of methoxy groups -OCH3 is 1. The monoisotopic (exact) mass is 514 g/mol. The molecule has 36 heavy (non-hydrogen) atoms. The highest BCUT2D eigenvalue weighted by Gasteiger charge is 2.22. The number of nitrogens with one attached hydrogen (secondary N) is 2. The average Bonchev–Trinajstić information content (AvgIpc) is 2.84. The Morgan fingerprint density at radius 3 is 2.19 bits per heavy atom. The quantitative estimate of drug-likeness (QED) is 0.232. The third-order valence-corrected chi connectivity index (χ3v) is 6.27. The Kier molecular flexibility index (Phi) is 7.69. The van der Waals surface area contributed by atoms with E-state index in [9.17, 15) is 28.6 Å². The smallest absolute Gasteiger partial charge is 0.295 e. The number of ether oxygens (including phenoxy) is 1. The zero-order valence-corrected chi connectivity index (χ0v) is 20.2. The number of hydrogen-bond acceptors (Lipinski definition) is 10. The molecule has 0 bridgehead atoms. The van der Waals surface area contributed by atoms with E-state index in [0.29, 0.717) is 17.0 Å². The van der Waals surface area contributed by atoms with Gasteiger partial charge in [-0.05, 0) is 42.5 Å². The van der Waals surface area contributed by atoms with E-state index in [0.717, 1.165) is 6.07 Å². The average molecular weight is 515 g/mol. The van der Waals surface area contributed by atoms with Crippen LogP contribution in [0.4, 0.5) is 28.4 Å². The van der Waals surface area contributed by atoms with E-state index >= 15 is 0 Å². The standard InChI is InChI=1S/C22H22N6O7S/c1-26(2)20-11-4-15(12-22(20)28(31)32)14-23-24-19-10-9-18(13-21(19)27(29)30)36(33,34)25-16-5-7-17(35-3)8-6-16/h4-14,24-25H,1-3H3/b23-14+. The third-order valence-electron chi connectivity index (χ3n) is 4.90. The van der Waals surface area contributed by atoms with Crippen LogP contribution in [-0.2, 0) is 10.0 Å². The van der Waals surface area contributed by atoms with Crippen molar-refractivity contribution in [2.75, 3.05) is 36.3 Å². The predicted octanol–water partition coefficient (Wildman–Crippen LogP) is 3.82. The molecule has 14 heteroatoms. The molecule has 0 heterocycles. The van der Waals surface area contributed by atoms with Crippen molar-refractivity contribution in [3.8, 4) is 5.75 Å². The second-order valence-electron chi connectivity index (χ2n) is 7.54. The lowest BCUT2D eigenvalue weighted by atomic mass is 10.2. The predicted molar refractivity (Wildman–Crippen MR) is 136 cm³/mol. The van der Waals surface area contributed by atoms with Crippen LogP contribution in [0.15, 0.2) is 70.7 Å². The van der Waals surface area contributed by atoms with Gasteiger partial charge in [-0.2, -0.15) is 5.10 Å². The van der Waals surface area contributed by atoms with Crippen molar-refractivity contribution >= 4 is 44.7 Å². The summed E-state index contributed by atoms with van der Waals surface area (Å²) >= 11 is 0. The molecule has 3 aromatic rings. The van der Waals surface area contributed by atoms with Gasteiger partial charge in [0.15, 0.2) is 0 Å². The van der Waals surface area contributed by atoms with E-state index in [1.165, 1.54) is 43.7 Å². The summed E-state index contributed by atoms with van der Waals surface area (Å²) in [6.07, 6.45) is 1.26. The molecule has 13 nitrogen and oxygen atoms in total. The fourth-order valence-corrected chi connectivity index (χ4v) is 4.20. The summed E-state index contributed by atoms with van der Waals surface area (Å²) in [6.45, 7) is 0. The van der Waals surface area contributed by atoms with E-state index in [1.807, 2.05) is 0 Å². The van der Waals surface area contributed by atoms with E-state index in [1.54, 1.807) is 43.3 Å². The summed E-state index contributed by atoms with van der Waals surface area (Å²) in [4.78, 5) is 22.9. The molecule has 0 aliphatic heterocycles. The van der Waals surface area contributed by atoms with Gasteiger partial charge >= 0.3 is 0 Å². The van der Waals surface area contributed by atoms with Gasteiger partial charge in [0, 0.05) is 37.5 Å². The van der Waals surface area contributed by atoms with Gasteiger partial charge in [-0.25, -0.2) is 8.42 Å². The largest absolute Gasteiger partial charge is 0.497 e. The molecule has 0 spiro atoms. The third kappa shape index (κ3) is 6.04. The highest BCUT2D eigenvalue weighted by Crippen LogP contribution is 2.30. The maximum Gasteiger partial charge on any atom is 0.295 e. The van der Waals surface area contributed by atoms with Crippen molar-refractivity contribution in [3.05, 3.63) is 86.5 Å². The fraction of sp³-hybridized carbons (Fsp3) is 0.136. The zero-order chi connectivity index (χ0) is 26.5. The van der Waals surface area contributed by atoms with Crippen molar-refractivity contribution in [1.29, 1.82) is 0 Å². The van der Waals surface area contributed by atoms with Crippen LogP contribution >= 0.6 is 0 Å². The van der Waals surface area contributed by atoms with Crippen molar-refractivity contribution in [1.82, 2.24) is 0 Å². The minimum absolute atomic E-state index is 0.0703. The summed E-state index contributed by atoms with van der Waals surface area (Å²) in [5.41, 5.74) is 2.79. The number of nitro groups is 2. The minimum Gasteiger partial charge on any atom is -0.497 e. The van der Waals surface area contributed by atoms with E-state index in [4.69, 9.17) is 4.74 Å². The molecule has 0 aliphatic rings. The first-order chi connectivity index (χ1) is 17.0. The second-order valence-corrected chi connectivity index (χ2v) is 9.22. The Bertz CT molecular complexity index is 1420. The molecule has 0 saturated heterocycles. The molecule has 3 aromatic carbocycles. The number of hydrogen-bond donors (Lipinski definition) is 2. The summed E-state index contributed by atoms with van der Waals surface area (Å²) < 4.78 is 32.8. The molecule has 0 fully saturated rings. The zero-order valence-electron chi connectivity index (χ0n) is 19.4. The van der Waals surface area contributed by atoms with Crippen molar-refractivity contribution < 1.29 is 23.0 Å². The van der Waals surface area contributed by atoms with Crippen LogP contribution in [0.25, 0.3) is 0 Å². The van der Waals surface area contributed by atoms with Crippen LogP contribution in [0.2, 0.25) is 0 Å². The van der Waals surface area contributed by atoms with Gasteiger partial charge < -0.3 is 9.64 Å². The first-order valence-corrected chi connectivity index (χ1v) is 11.7. The van der Waals surface area contributed by atoms with Gasteiger partial charge in [-0.1, -0.05) is 6.07 Å². The molecule has 0 saturated carbocycles. The second kappa shape index (κ2) is 10.7. The molecule has 0 atom stereocenters. The Balaban J connectivity index is 1.83. The molecule has 0 unspecified atom stereocenters. The first-order valence-electron chi connectivity index (χ1n) is 10.2. The van der Waals surface area contributed by atoms with Crippen LogP contribution < -0.4 is 19.8 Å². The Labute approximate surface area is 206 Å². The molecule has 0 radical (unpaired) electrons. The van der Waals surface area contributed by atoms with Crippen LogP contribution in [0.5, 0.6) is 5.75 Å². The lowest BCUT2D eigenvalue weighted by Gasteiger charge is -2.12. The summed E-state index contributed by atoms with van der Waals surface area (Å²) in [6, 6.07) is 13.9. The first kappa shape index (κ1) is 25.9. The SMILES string of the molecule is COc1ccc(NS(=O)(=O)c2ccc(N/N=C/c3ccc(N(C)C)c([N+](=O)[O-])c3)c([N+](=O)[O-])c2)cc1. The minimum atomic E-state index is -4.12. The topological polar surface area (TPSA) is 169 Å². The van der Waals surface area contributed by atoms with Crippen LogP contribution in [0.1, 0.15) is 5.56 Å². The van der Waals surface area contributed by atoms with Gasteiger partial charge in [-0.3, -0.25) is 30.4 Å². The Morgan fingerprint density at radius 1 is 0.944 bits per heavy atom. The lowest BCUT2D eigenvalue weighted by molar-refractivity contribution is -0.384. The van der Waals surface area contributed by atoms with Crippen LogP contribution in [0.3, 0.4) is 0 Å². The number of nitro benzene ring substituents is 2. The fourth-order valence-electron chi connectivity index (χ4n) is 3.12. The molecule has 3 rings (SSSR count). The molecule has 0 aliphatic carbocycles. The van der Waals surface area contributed by atoms with Crippen molar-refractivity contribution in [2.45, 2.75) is 4.90 Å². The molecule has 0 aromatic heterocycles. The van der Waals surface area contributed by atoms with E-state index in [-0.39, 0.29) is 22.0 Å². The van der Waals surface area contributed by atoms with Gasteiger partial charge in [0.2, 0.25) is 0 Å². The normalized spacial score (nSPS) is 11.2. The molecule has 2 N–H and O–H groups in total. The molecule has 188 valence electrons. The van der Waals surface area contributed by atoms with Crippen molar-refractivity contribution in [2.24, 2.45) is 5.10 Å². The number of sulfonamides is 1. The summed E-state index contributed by atoms with van der Waals surface area (Å²) in [7, 11) is 0.700. The van der Waals surface area contributed by atoms with Crippen molar-refractivity contribution in [3.63, 3.8) is 0 Å². The molecular weight excluding hydrogens is 492 g/mol. The lowest BCUT2D eigenvalue weighted by Crippen LogP contribution is -2.13. The van der Waals surface area contributed by atoms with Gasteiger partial charge in [0.25, 0.3) is 21.4 Å². The van der Waals surface area contributed by atoms with Crippen LogP contribution in [-0.4, -0.2) is 45.7 Å². The Hall–Kier alpha value is -4.72. The van der Waals surface area contributed by atoms with E-state index < -0.39 is 25.6 Å². The summed E-state index contributed by atoms with van der Waals surface area (Å²) in [5, 5.41) is 26.8. The highest BCUT2D eigenvalue weighted by atomic mass is 32.2. The van der Waals surface area contributed by atoms with Gasteiger partial charge in [0.05, 0.1) is 28.1 Å². The Morgan fingerprint density at radius 2 is 1.61 bits per heavy atom. The number of nitrogens with zero attached hydrogens (tertiary/aromatic N) is 4. The van der Waals surface area contributed by atoms with Gasteiger partial charge in [-0.15, -0.1) is 0 Å².